The van der Waals surface area contributed by atoms with Gasteiger partial charge in [0.2, 0.25) is 0 Å². The van der Waals surface area contributed by atoms with Crippen molar-refractivity contribution in [1.82, 2.24) is 4.90 Å². The van der Waals surface area contributed by atoms with Gasteiger partial charge in [0.1, 0.15) is 6.04 Å². The largest absolute Gasteiger partial charge is 0.332 e. The molecule has 1 atom stereocenters. The van der Waals surface area contributed by atoms with Gasteiger partial charge in [0.15, 0.2) is 6.54 Å². The summed E-state index contributed by atoms with van der Waals surface area (Å²) < 4.78 is 0. The molecule has 4 aliphatic carbocycles. The summed E-state index contributed by atoms with van der Waals surface area (Å²) in [6, 6.07) is 10.2. The van der Waals surface area contributed by atoms with Gasteiger partial charge in [-0.1, -0.05) is 29.8 Å². The molecule has 4 aliphatic rings. The van der Waals surface area contributed by atoms with Gasteiger partial charge in [-0.15, -0.1) is 0 Å². The molecule has 0 heterocycles. The average Bonchev–Trinajstić information content (AvgIpc) is 2.65. The van der Waals surface area contributed by atoms with E-state index in [0.29, 0.717) is 19.5 Å². The topological polar surface area (TPSA) is 60.7 Å². The molecule has 28 heavy (non-hydrogen) atoms. The minimum Gasteiger partial charge on any atom is -0.332 e. The summed E-state index contributed by atoms with van der Waals surface area (Å²) in [5, 5.41) is 12.0. The maximum absolute atomic E-state index is 13.3. The van der Waals surface area contributed by atoms with Crippen LogP contribution in [-0.4, -0.2) is 29.4 Å². The maximum Gasteiger partial charge on any atom is 0.278 e. The lowest BCUT2D eigenvalue weighted by atomic mass is 9.52. The molecular weight excluding hydrogens is 370 g/mol. The zero-order valence-corrected chi connectivity index (χ0v) is 17.5. The van der Waals surface area contributed by atoms with Gasteiger partial charge >= 0.3 is 0 Å². The molecule has 0 radical (unpaired) electrons. The van der Waals surface area contributed by atoms with Crippen LogP contribution in [0.4, 0.5) is 0 Å². The van der Waals surface area contributed by atoms with E-state index in [1.165, 1.54) is 19.3 Å². The molecule has 1 aromatic rings. The Bertz CT molecular complexity index is 736. The van der Waals surface area contributed by atoms with Crippen LogP contribution in [0.5, 0.6) is 0 Å². The van der Waals surface area contributed by atoms with E-state index in [1.54, 1.807) is 0 Å². The fourth-order valence-corrected chi connectivity index (χ4v) is 6.85. The van der Waals surface area contributed by atoms with E-state index in [2.05, 4.69) is 23.2 Å². The van der Waals surface area contributed by atoms with Crippen molar-refractivity contribution in [2.45, 2.75) is 63.5 Å². The van der Waals surface area contributed by atoms with Gasteiger partial charge < -0.3 is 10.2 Å². The smallest absolute Gasteiger partial charge is 0.278 e. The molecule has 1 amide bonds. The summed E-state index contributed by atoms with van der Waals surface area (Å²) >= 11 is 6.32. The fraction of sp³-hybridized carbons (Fsp3) is 0.652. The normalized spacial score (nSPS) is 31.4. The maximum atomic E-state index is 13.3. The Labute approximate surface area is 173 Å². The van der Waals surface area contributed by atoms with Crippen LogP contribution in [0, 0.1) is 29.1 Å². The van der Waals surface area contributed by atoms with E-state index in [1.807, 2.05) is 24.3 Å². The third kappa shape index (κ3) is 3.80. The first-order valence-corrected chi connectivity index (χ1v) is 11.1. The van der Waals surface area contributed by atoms with Crippen molar-refractivity contribution in [2.24, 2.45) is 17.8 Å². The first-order valence-electron chi connectivity index (χ1n) is 10.8. The molecule has 2 N–H and O–H groups in total. The lowest BCUT2D eigenvalue weighted by Crippen LogP contribution is -2.87. The zero-order valence-electron chi connectivity index (χ0n) is 16.7. The number of rotatable bonds is 7. The number of nitrogens with two attached hydrogens (primary N) is 1. The highest BCUT2D eigenvalue weighted by atomic mass is 35.5. The molecule has 0 unspecified atom stereocenters. The first-order chi connectivity index (χ1) is 13.5. The van der Waals surface area contributed by atoms with Crippen LogP contribution in [0.3, 0.4) is 0 Å². The van der Waals surface area contributed by atoms with Crippen molar-refractivity contribution in [1.29, 1.82) is 5.26 Å². The van der Waals surface area contributed by atoms with Crippen molar-refractivity contribution < 1.29 is 10.1 Å². The highest BCUT2D eigenvalue weighted by Crippen LogP contribution is 2.57. The third-order valence-electron chi connectivity index (χ3n) is 7.37. The first kappa shape index (κ1) is 19.7. The molecule has 4 bridgehead atoms. The molecule has 0 aliphatic heterocycles. The molecule has 0 saturated heterocycles. The number of amides is 1. The molecule has 5 rings (SSSR count). The lowest BCUT2D eigenvalue weighted by molar-refractivity contribution is -0.683. The summed E-state index contributed by atoms with van der Waals surface area (Å²) in [6.45, 7) is 3.09. The van der Waals surface area contributed by atoms with Crippen LogP contribution >= 0.6 is 11.6 Å². The molecule has 1 aromatic carbocycles. The Hall–Kier alpha value is -1.57. The minimum absolute atomic E-state index is 0.0180. The van der Waals surface area contributed by atoms with Crippen LogP contribution < -0.4 is 5.32 Å². The van der Waals surface area contributed by atoms with E-state index in [-0.39, 0.29) is 17.5 Å². The fourth-order valence-electron chi connectivity index (χ4n) is 6.54. The molecule has 0 spiro atoms. The summed E-state index contributed by atoms with van der Waals surface area (Å²) in [5.41, 5.74) is 1.08. The molecule has 4 saturated carbocycles. The number of quaternary nitrogens is 1. The van der Waals surface area contributed by atoms with Crippen LogP contribution in [-0.2, 0) is 4.79 Å². The summed E-state index contributed by atoms with van der Waals surface area (Å²) in [6.07, 6.45) is 7.94. The van der Waals surface area contributed by atoms with Crippen molar-refractivity contribution in [3.8, 4) is 6.07 Å². The average molecular weight is 401 g/mol. The Morgan fingerprint density at radius 3 is 2.43 bits per heavy atom. The molecule has 0 aromatic heterocycles. The number of hydrogen-bond acceptors (Lipinski definition) is 2. The van der Waals surface area contributed by atoms with Gasteiger partial charge in [-0.25, -0.2) is 0 Å². The molecular formula is C23H31ClN3O+. The number of nitrogens with zero attached hydrogens (tertiary/aromatic N) is 2. The number of nitriles is 1. The van der Waals surface area contributed by atoms with E-state index >= 15 is 0 Å². The second-order valence-corrected chi connectivity index (χ2v) is 9.75. The molecule has 150 valence electrons. The van der Waals surface area contributed by atoms with Crippen LogP contribution in [0.1, 0.15) is 63.5 Å². The Kier molecular flexibility index (Phi) is 5.67. The van der Waals surface area contributed by atoms with Gasteiger partial charge in [0.25, 0.3) is 5.91 Å². The summed E-state index contributed by atoms with van der Waals surface area (Å²) in [7, 11) is 0. The van der Waals surface area contributed by atoms with Gasteiger partial charge in [-0.05, 0) is 69.3 Å². The molecule has 5 heteroatoms. The third-order valence-corrected chi connectivity index (χ3v) is 7.71. The number of hydrogen-bond donors (Lipinski definition) is 1. The Morgan fingerprint density at radius 1 is 1.25 bits per heavy atom. The Morgan fingerprint density at radius 2 is 1.86 bits per heavy atom. The van der Waals surface area contributed by atoms with Crippen LogP contribution in [0.25, 0.3) is 0 Å². The minimum atomic E-state index is 0.0180. The van der Waals surface area contributed by atoms with E-state index < -0.39 is 0 Å². The zero-order chi connectivity index (χ0) is 19.7. The number of carbonyl (C=O) groups is 1. The number of benzene rings is 1. The van der Waals surface area contributed by atoms with Gasteiger partial charge in [0, 0.05) is 22.7 Å². The highest BCUT2D eigenvalue weighted by molar-refractivity contribution is 6.31. The van der Waals surface area contributed by atoms with Gasteiger partial charge in [-0.3, -0.25) is 4.79 Å². The molecule has 4 fully saturated rings. The summed E-state index contributed by atoms with van der Waals surface area (Å²) in [4.78, 5) is 15.5. The number of halogens is 1. The van der Waals surface area contributed by atoms with Crippen LogP contribution in [0.15, 0.2) is 24.3 Å². The van der Waals surface area contributed by atoms with Crippen molar-refractivity contribution in [2.75, 3.05) is 13.1 Å². The number of carbonyl (C=O) groups excluding carboxylic acids is 1. The van der Waals surface area contributed by atoms with E-state index in [9.17, 15) is 4.79 Å². The van der Waals surface area contributed by atoms with Gasteiger partial charge in [-0.2, -0.15) is 5.26 Å². The summed E-state index contributed by atoms with van der Waals surface area (Å²) in [5.74, 6) is 2.55. The van der Waals surface area contributed by atoms with Crippen molar-refractivity contribution in [3.63, 3.8) is 0 Å². The quantitative estimate of drug-likeness (QED) is 0.758. The second-order valence-electron chi connectivity index (χ2n) is 9.35. The second kappa shape index (κ2) is 8.05. The van der Waals surface area contributed by atoms with E-state index in [0.717, 1.165) is 47.6 Å². The van der Waals surface area contributed by atoms with Gasteiger partial charge in [0.05, 0.1) is 12.5 Å². The predicted molar refractivity (Wildman–Crippen MR) is 110 cm³/mol. The van der Waals surface area contributed by atoms with Crippen molar-refractivity contribution in [3.05, 3.63) is 34.9 Å². The predicted octanol–water partition coefficient (Wildman–Crippen LogP) is 3.68. The SMILES string of the molecule is C[C@H]([NH2+]CC(=O)N(CCC#N)C12CC3CC(CC(C3)C1)C2)c1ccccc1Cl. The van der Waals surface area contributed by atoms with E-state index in [4.69, 9.17) is 16.9 Å². The lowest BCUT2D eigenvalue weighted by Gasteiger charge is -2.60. The van der Waals surface area contributed by atoms with Crippen LogP contribution in [0.2, 0.25) is 5.02 Å². The highest BCUT2D eigenvalue weighted by Gasteiger charge is 2.54. The standard InChI is InChI=1S/C23H30ClN3O/c1-16(20-5-2-3-6-21(20)24)26-15-22(28)27(8-4-7-25)23-12-17-9-18(13-23)11-19(10-17)14-23/h2-3,5-6,16-19,26H,4,8-15H2,1H3/p+1/t16-,17?,18?,19?,23?/m0/s1. The monoisotopic (exact) mass is 400 g/mol. The molecule has 4 nitrogen and oxygen atoms in total. The Balaban J connectivity index is 1.46. The van der Waals surface area contributed by atoms with Crippen molar-refractivity contribution >= 4 is 17.5 Å².